The molecule has 1 aliphatic rings. The molecule has 1 aromatic carbocycles. The molecule has 1 aliphatic carbocycles. The molecule has 0 aromatic heterocycles. The van der Waals surface area contributed by atoms with E-state index in [9.17, 15) is 9.59 Å². The zero-order valence-corrected chi connectivity index (χ0v) is 13.9. The molecule has 126 valence electrons. The summed E-state index contributed by atoms with van der Waals surface area (Å²) >= 11 is 0. The highest BCUT2D eigenvalue weighted by Crippen LogP contribution is 2.40. The van der Waals surface area contributed by atoms with Gasteiger partial charge in [-0.15, -0.1) is 0 Å². The van der Waals surface area contributed by atoms with E-state index >= 15 is 0 Å². The van der Waals surface area contributed by atoms with Gasteiger partial charge in [-0.05, 0) is 32.4 Å². The first-order valence-corrected chi connectivity index (χ1v) is 8.20. The molecule has 0 radical (unpaired) electrons. The molecule has 0 heterocycles. The van der Waals surface area contributed by atoms with Crippen LogP contribution in [0.25, 0.3) is 0 Å². The van der Waals surface area contributed by atoms with Gasteiger partial charge in [0.25, 0.3) is 0 Å². The van der Waals surface area contributed by atoms with Crippen LogP contribution in [0.3, 0.4) is 0 Å². The third-order valence-electron chi connectivity index (χ3n) is 4.98. The number of hydrogen-bond donors (Lipinski definition) is 2. The Morgan fingerprint density at radius 3 is 2.43 bits per heavy atom. The minimum atomic E-state index is -0.920. The third-order valence-corrected chi connectivity index (χ3v) is 4.98. The highest BCUT2D eigenvalue weighted by atomic mass is 16.4. The molecule has 23 heavy (non-hydrogen) atoms. The maximum absolute atomic E-state index is 12.2. The van der Waals surface area contributed by atoms with Crippen LogP contribution in [0.5, 0.6) is 0 Å². The molecule has 2 N–H and O–H groups in total. The summed E-state index contributed by atoms with van der Waals surface area (Å²) in [5, 5.41) is 12.0. The van der Waals surface area contributed by atoms with Gasteiger partial charge in [0.15, 0.2) is 0 Å². The highest BCUT2D eigenvalue weighted by Gasteiger charge is 2.35. The Hall–Kier alpha value is -1.88. The normalized spacial score (nSPS) is 17.9. The average Bonchev–Trinajstić information content (AvgIpc) is 3.03. The zero-order chi connectivity index (χ0) is 16.9. The van der Waals surface area contributed by atoms with Gasteiger partial charge in [0.05, 0.1) is 6.54 Å². The van der Waals surface area contributed by atoms with Gasteiger partial charge in [-0.1, -0.05) is 43.2 Å². The van der Waals surface area contributed by atoms with E-state index in [1.165, 1.54) is 18.4 Å². The monoisotopic (exact) mass is 318 g/mol. The first kappa shape index (κ1) is 17.5. The fourth-order valence-electron chi connectivity index (χ4n) is 3.29. The molecule has 1 fully saturated rings. The predicted molar refractivity (Wildman–Crippen MR) is 89.3 cm³/mol. The first-order chi connectivity index (χ1) is 10.9. The van der Waals surface area contributed by atoms with Crippen LogP contribution in [0.2, 0.25) is 0 Å². The van der Waals surface area contributed by atoms with E-state index in [0.29, 0.717) is 6.54 Å². The second-order valence-corrected chi connectivity index (χ2v) is 6.56. The molecule has 1 amide bonds. The van der Waals surface area contributed by atoms with Crippen molar-refractivity contribution in [3.05, 3.63) is 35.9 Å². The summed E-state index contributed by atoms with van der Waals surface area (Å²) in [6.45, 7) is 2.29. The smallest absolute Gasteiger partial charge is 0.320 e. The number of benzene rings is 1. The SMILES string of the molecule is CC(C(=O)O)N(C)CC(=O)NCC1(c2ccccc2)CCCC1. The predicted octanol–water partition coefficient (Wildman–Crippen LogP) is 2.02. The van der Waals surface area contributed by atoms with E-state index in [1.54, 1.807) is 18.9 Å². The number of nitrogens with one attached hydrogen (secondary N) is 1. The van der Waals surface area contributed by atoms with Crippen LogP contribution in [0, 0.1) is 0 Å². The summed E-state index contributed by atoms with van der Waals surface area (Å²) < 4.78 is 0. The minimum Gasteiger partial charge on any atom is -0.480 e. The van der Waals surface area contributed by atoms with Crippen molar-refractivity contribution in [2.24, 2.45) is 0 Å². The Bertz CT molecular complexity index is 538. The number of amides is 1. The van der Waals surface area contributed by atoms with E-state index in [-0.39, 0.29) is 17.9 Å². The van der Waals surface area contributed by atoms with Crippen molar-refractivity contribution in [1.29, 1.82) is 0 Å². The molecule has 1 aromatic rings. The Kier molecular flexibility index (Phi) is 5.77. The van der Waals surface area contributed by atoms with Gasteiger partial charge in [-0.3, -0.25) is 14.5 Å². The van der Waals surface area contributed by atoms with Gasteiger partial charge in [0.2, 0.25) is 5.91 Å². The maximum Gasteiger partial charge on any atom is 0.320 e. The van der Waals surface area contributed by atoms with Gasteiger partial charge < -0.3 is 10.4 Å². The van der Waals surface area contributed by atoms with Crippen LogP contribution in [0.1, 0.15) is 38.2 Å². The Balaban J connectivity index is 1.95. The fourth-order valence-corrected chi connectivity index (χ4v) is 3.29. The Labute approximate surface area is 137 Å². The average molecular weight is 318 g/mol. The summed E-state index contributed by atoms with van der Waals surface area (Å²) in [6.07, 6.45) is 4.53. The van der Waals surface area contributed by atoms with Crippen molar-refractivity contribution in [3.8, 4) is 0 Å². The molecule has 0 saturated heterocycles. The molecular weight excluding hydrogens is 292 g/mol. The second-order valence-electron chi connectivity index (χ2n) is 6.56. The molecule has 0 spiro atoms. The zero-order valence-electron chi connectivity index (χ0n) is 13.9. The lowest BCUT2D eigenvalue weighted by atomic mass is 9.79. The molecule has 1 saturated carbocycles. The molecule has 2 rings (SSSR count). The van der Waals surface area contributed by atoms with E-state index in [1.807, 2.05) is 18.2 Å². The van der Waals surface area contributed by atoms with Crippen molar-refractivity contribution in [2.45, 2.75) is 44.1 Å². The number of aliphatic carboxylic acids is 1. The lowest BCUT2D eigenvalue weighted by molar-refractivity contribution is -0.142. The Morgan fingerprint density at radius 1 is 1.26 bits per heavy atom. The van der Waals surface area contributed by atoms with Crippen molar-refractivity contribution in [3.63, 3.8) is 0 Å². The van der Waals surface area contributed by atoms with Crippen LogP contribution in [-0.2, 0) is 15.0 Å². The number of hydrogen-bond acceptors (Lipinski definition) is 3. The van der Waals surface area contributed by atoms with Crippen molar-refractivity contribution in [2.75, 3.05) is 20.1 Å². The number of carboxylic acid groups (broad SMARTS) is 1. The van der Waals surface area contributed by atoms with Gasteiger partial charge >= 0.3 is 5.97 Å². The van der Waals surface area contributed by atoms with Crippen molar-refractivity contribution >= 4 is 11.9 Å². The topological polar surface area (TPSA) is 69.6 Å². The van der Waals surface area contributed by atoms with Crippen LogP contribution < -0.4 is 5.32 Å². The summed E-state index contributed by atoms with van der Waals surface area (Å²) in [4.78, 5) is 24.7. The van der Waals surface area contributed by atoms with Crippen molar-refractivity contribution in [1.82, 2.24) is 10.2 Å². The number of carbonyl (C=O) groups is 2. The van der Waals surface area contributed by atoms with Crippen LogP contribution in [0.15, 0.2) is 30.3 Å². The van der Waals surface area contributed by atoms with Crippen LogP contribution >= 0.6 is 0 Å². The quantitative estimate of drug-likeness (QED) is 0.807. The fraction of sp³-hybridized carbons (Fsp3) is 0.556. The number of rotatable bonds is 7. The van der Waals surface area contributed by atoms with E-state index in [0.717, 1.165) is 12.8 Å². The number of carbonyl (C=O) groups excluding carboxylic acids is 1. The molecule has 1 unspecified atom stereocenters. The van der Waals surface area contributed by atoms with E-state index in [2.05, 4.69) is 17.4 Å². The Morgan fingerprint density at radius 2 is 1.87 bits per heavy atom. The molecule has 5 nitrogen and oxygen atoms in total. The summed E-state index contributed by atoms with van der Waals surface area (Å²) in [6, 6.07) is 9.69. The standard InChI is InChI=1S/C18H26N2O3/c1-14(17(22)23)20(2)12-16(21)19-13-18(10-6-7-11-18)15-8-4-3-5-9-15/h3-5,8-9,14H,6-7,10-13H2,1-2H3,(H,19,21)(H,22,23). The first-order valence-electron chi connectivity index (χ1n) is 8.20. The molecule has 1 atom stereocenters. The number of likely N-dealkylation sites (N-methyl/N-ethyl adjacent to an activating group) is 1. The summed E-state index contributed by atoms with van der Waals surface area (Å²) in [5.74, 6) is -1.04. The molecular formula is C18H26N2O3. The van der Waals surface area contributed by atoms with E-state index in [4.69, 9.17) is 5.11 Å². The lowest BCUT2D eigenvalue weighted by Gasteiger charge is -2.30. The molecule has 5 heteroatoms. The minimum absolute atomic E-state index is 0.0217. The maximum atomic E-state index is 12.2. The largest absolute Gasteiger partial charge is 0.480 e. The lowest BCUT2D eigenvalue weighted by Crippen LogP contribution is -2.46. The molecule has 0 bridgehead atoms. The van der Waals surface area contributed by atoms with Crippen LogP contribution in [0.4, 0.5) is 0 Å². The number of nitrogens with zero attached hydrogens (tertiary/aromatic N) is 1. The summed E-state index contributed by atoms with van der Waals surface area (Å²) in [5.41, 5.74) is 1.30. The number of carboxylic acids is 1. The highest BCUT2D eigenvalue weighted by molar-refractivity contribution is 5.79. The molecule has 0 aliphatic heterocycles. The summed E-state index contributed by atoms with van der Waals surface area (Å²) in [7, 11) is 1.65. The van der Waals surface area contributed by atoms with Crippen LogP contribution in [-0.4, -0.2) is 48.1 Å². The van der Waals surface area contributed by atoms with Gasteiger partial charge in [-0.2, -0.15) is 0 Å². The third kappa shape index (κ3) is 4.32. The van der Waals surface area contributed by atoms with Crippen molar-refractivity contribution < 1.29 is 14.7 Å². The van der Waals surface area contributed by atoms with Gasteiger partial charge in [0, 0.05) is 12.0 Å². The van der Waals surface area contributed by atoms with E-state index < -0.39 is 12.0 Å². The second kappa shape index (κ2) is 7.59. The van der Waals surface area contributed by atoms with Gasteiger partial charge in [0.1, 0.15) is 6.04 Å². The van der Waals surface area contributed by atoms with Gasteiger partial charge in [-0.25, -0.2) is 0 Å².